The van der Waals surface area contributed by atoms with Crippen LogP contribution < -0.4 is 15.5 Å². The van der Waals surface area contributed by atoms with Crippen molar-refractivity contribution in [2.24, 2.45) is 4.99 Å². The van der Waals surface area contributed by atoms with Crippen LogP contribution in [0.2, 0.25) is 0 Å². The first kappa shape index (κ1) is 22.9. The van der Waals surface area contributed by atoms with Crippen LogP contribution in [0.15, 0.2) is 47.7 Å². The van der Waals surface area contributed by atoms with Crippen LogP contribution in [0.1, 0.15) is 25.8 Å². The lowest BCUT2D eigenvalue weighted by molar-refractivity contribution is 0.254. The first-order chi connectivity index (χ1) is 15.0. The van der Waals surface area contributed by atoms with Crippen LogP contribution in [-0.2, 0) is 5.41 Å². The highest BCUT2D eigenvalue weighted by molar-refractivity contribution is 5.79. The zero-order valence-electron chi connectivity index (χ0n) is 18.8. The summed E-state index contributed by atoms with van der Waals surface area (Å²) in [5, 5.41) is 6.76. The van der Waals surface area contributed by atoms with Crippen LogP contribution in [0.4, 0.5) is 10.3 Å². The number of benzene rings is 1. The normalized spacial score (nSPS) is 15.7. The molecule has 0 amide bonds. The Bertz CT molecular complexity index is 833. The van der Waals surface area contributed by atoms with Gasteiger partial charge in [0.05, 0.1) is 0 Å². The lowest BCUT2D eigenvalue weighted by Crippen LogP contribution is -2.48. The Morgan fingerprint density at radius 1 is 1.10 bits per heavy atom. The van der Waals surface area contributed by atoms with E-state index in [0.29, 0.717) is 6.54 Å². The topological polar surface area (TPSA) is 68.7 Å². The SMILES string of the molecule is CN=C(NCCCN1CCN(c2ncccn2)CC1)NCC(C)(C)c1cccc(F)c1. The van der Waals surface area contributed by atoms with Crippen LogP contribution in [0.25, 0.3) is 0 Å². The average Bonchev–Trinajstić information content (AvgIpc) is 2.79. The molecule has 2 heterocycles. The summed E-state index contributed by atoms with van der Waals surface area (Å²) in [7, 11) is 1.77. The summed E-state index contributed by atoms with van der Waals surface area (Å²) in [5.41, 5.74) is 0.762. The number of halogens is 1. The molecule has 1 aliphatic rings. The monoisotopic (exact) mass is 427 g/mol. The third-order valence-electron chi connectivity index (χ3n) is 5.68. The quantitative estimate of drug-likeness (QED) is 0.383. The zero-order chi connectivity index (χ0) is 22.1. The minimum Gasteiger partial charge on any atom is -0.356 e. The summed E-state index contributed by atoms with van der Waals surface area (Å²) in [5.74, 6) is 1.39. The molecule has 2 N–H and O–H groups in total. The number of nitrogens with one attached hydrogen (secondary N) is 2. The lowest BCUT2D eigenvalue weighted by atomic mass is 9.84. The summed E-state index contributed by atoms with van der Waals surface area (Å²) < 4.78 is 13.6. The molecule has 3 rings (SSSR count). The van der Waals surface area contributed by atoms with Gasteiger partial charge in [0.15, 0.2) is 5.96 Å². The molecule has 168 valence electrons. The van der Waals surface area contributed by atoms with Crippen LogP contribution in [0.3, 0.4) is 0 Å². The average molecular weight is 428 g/mol. The Morgan fingerprint density at radius 2 is 1.84 bits per heavy atom. The molecule has 31 heavy (non-hydrogen) atoms. The fourth-order valence-electron chi connectivity index (χ4n) is 3.67. The van der Waals surface area contributed by atoms with E-state index in [1.807, 2.05) is 12.1 Å². The first-order valence-corrected chi connectivity index (χ1v) is 10.9. The third kappa shape index (κ3) is 6.89. The van der Waals surface area contributed by atoms with Crippen LogP contribution in [0.5, 0.6) is 0 Å². The van der Waals surface area contributed by atoms with Crippen molar-refractivity contribution in [1.29, 1.82) is 0 Å². The summed E-state index contributed by atoms with van der Waals surface area (Å²) >= 11 is 0. The lowest BCUT2D eigenvalue weighted by Gasteiger charge is -2.34. The van der Waals surface area contributed by atoms with E-state index in [1.165, 1.54) is 6.07 Å². The highest BCUT2D eigenvalue weighted by Crippen LogP contribution is 2.22. The predicted octanol–water partition coefficient (Wildman–Crippen LogP) is 2.27. The molecule has 1 fully saturated rings. The molecule has 0 aliphatic carbocycles. The molecule has 1 saturated heterocycles. The minimum atomic E-state index is -0.206. The maximum atomic E-state index is 13.6. The number of guanidine groups is 1. The maximum absolute atomic E-state index is 13.6. The van der Waals surface area contributed by atoms with E-state index in [4.69, 9.17) is 0 Å². The largest absolute Gasteiger partial charge is 0.356 e. The molecule has 1 aromatic carbocycles. The molecule has 7 nitrogen and oxygen atoms in total. The summed E-state index contributed by atoms with van der Waals surface area (Å²) in [4.78, 5) is 17.7. The Morgan fingerprint density at radius 3 is 2.52 bits per heavy atom. The van der Waals surface area contributed by atoms with E-state index in [9.17, 15) is 4.39 Å². The number of anilines is 1. The smallest absolute Gasteiger partial charge is 0.225 e. The molecular weight excluding hydrogens is 393 g/mol. The van der Waals surface area contributed by atoms with Gasteiger partial charge in [0.25, 0.3) is 0 Å². The molecule has 1 aromatic heterocycles. The van der Waals surface area contributed by atoms with Gasteiger partial charge in [-0.2, -0.15) is 0 Å². The van der Waals surface area contributed by atoms with Crippen molar-refractivity contribution in [2.45, 2.75) is 25.7 Å². The number of piperazine rings is 1. The second kappa shape index (κ2) is 11.0. The van der Waals surface area contributed by atoms with E-state index < -0.39 is 0 Å². The van der Waals surface area contributed by atoms with Crippen molar-refractivity contribution in [1.82, 2.24) is 25.5 Å². The van der Waals surface area contributed by atoms with Crippen molar-refractivity contribution in [3.8, 4) is 0 Å². The van der Waals surface area contributed by atoms with Crippen molar-refractivity contribution >= 4 is 11.9 Å². The van der Waals surface area contributed by atoms with Crippen LogP contribution in [0, 0.1) is 5.82 Å². The summed E-state index contributed by atoms with van der Waals surface area (Å²) in [6, 6.07) is 8.64. The number of hydrogen-bond acceptors (Lipinski definition) is 5. The van der Waals surface area contributed by atoms with Gasteiger partial charge in [-0.15, -0.1) is 0 Å². The summed E-state index contributed by atoms with van der Waals surface area (Å²) in [6.45, 7) is 10.7. The number of aromatic nitrogens is 2. The standard InChI is InChI=1S/C23H34FN7/c1-23(2,19-7-4-8-20(24)17-19)18-29-21(25-3)26-11-6-12-30-13-15-31(16-14-30)22-27-9-5-10-28-22/h4-5,7-10,17H,6,11-16,18H2,1-3H3,(H2,25,26,29). The Balaban J connectivity index is 1.34. The number of nitrogens with zero attached hydrogens (tertiary/aromatic N) is 5. The minimum absolute atomic E-state index is 0.204. The Kier molecular flexibility index (Phi) is 8.17. The van der Waals surface area contributed by atoms with Crippen LogP contribution in [-0.4, -0.2) is 73.7 Å². The molecule has 0 atom stereocenters. The molecule has 2 aromatic rings. The summed E-state index contributed by atoms with van der Waals surface area (Å²) in [6.07, 6.45) is 4.62. The molecule has 8 heteroatoms. The van der Waals surface area contributed by atoms with E-state index in [0.717, 1.165) is 63.2 Å². The second-order valence-corrected chi connectivity index (χ2v) is 8.48. The van der Waals surface area contributed by atoms with Gasteiger partial charge in [0.2, 0.25) is 5.95 Å². The molecular formula is C23H34FN7. The van der Waals surface area contributed by atoms with Crippen molar-refractivity contribution < 1.29 is 4.39 Å². The van der Waals surface area contributed by atoms with Crippen molar-refractivity contribution in [3.63, 3.8) is 0 Å². The molecule has 0 radical (unpaired) electrons. The number of aliphatic imine (C=N–C) groups is 1. The number of rotatable bonds is 8. The highest BCUT2D eigenvalue weighted by atomic mass is 19.1. The molecule has 0 saturated carbocycles. The van der Waals surface area contributed by atoms with E-state index in [1.54, 1.807) is 31.6 Å². The van der Waals surface area contributed by atoms with Gasteiger partial charge < -0.3 is 15.5 Å². The van der Waals surface area contributed by atoms with Gasteiger partial charge in [0.1, 0.15) is 5.82 Å². The van der Waals surface area contributed by atoms with Crippen molar-refractivity contribution in [2.75, 3.05) is 57.8 Å². The fourth-order valence-corrected chi connectivity index (χ4v) is 3.67. The fraction of sp³-hybridized carbons (Fsp3) is 0.522. The van der Waals surface area contributed by atoms with Crippen molar-refractivity contribution in [3.05, 3.63) is 54.1 Å². The van der Waals surface area contributed by atoms with Gasteiger partial charge >= 0.3 is 0 Å². The predicted molar refractivity (Wildman–Crippen MR) is 124 cm³/mol. The van der Waals surface area contributed by atoms with Gasteiger partial charge in [-0.1, -0.05) is 26.0 Å². The van der Waals surface area contributed by atoms with E-state index in [2.05, 4.69) is 49.2 Å². The Hall–Kier alpha value is -2.74. The molecule has 1 aliphatic heterocycles. The van der Waals surface area contributed by atoms with Crippen LogP contribution >= 0.6 is 0 Å². The van der Waals surface area contributed by atoms with E-state index >= 15 is 0 Å². The van der Waals surface area contributed by atoms with Gasteiger partial charge in [-0.3, -0.25) is 9.89 Å². The zero-order valence-corrected chi connectivity index (χ0v) is 18.8. The molecule has 0 spiro atoms. The van der Waals surface area contributed by atoms with Gasteiger partial charge in [-0.25, -0.2) is 14.4 Å². The maximum Gasteiger partial charge on any atom is 0.225 e. The molecule has 0 bridgehead atoms. The number of hydrogen-bond donors (Lipinski definition) is 2. The highest BCUT2D eigenvalue weighted by Gasteiger charge is 2.21. The van der Waals surface area contributed by atoms with Gasteiger partial charge in [-0.05, 0) is 36.7 Å². The Labute approximate surface area is 184 Å². The second-order valence-electron chi connectivity index (χ2n) is 8.48. The van der Waals surface area contributed by atoms with Gasteiger partial charge in [0, 0.05) is 64.1 Å². The third-order valence-corrected chi connectivity index (χ3v) is 5.68. The van der Waals surface area contributed by atoms with E-state index in [-0.39, 0.29) is 11.2 Å². The first-order valence-electron chi connectivity index (χ1n) is 10.9. The molecule has 0 unspecified atom stereocenters.